The van der Waals surface area contributed by atoms with Crippen molar-refractivity contribution in [2.45, 2.75) is 11.8 Å². The summed E-state index contributed by atoms with van der Waals surface area (Å²) in [4.78, 5) is 32.3. The number of nitrogens with zero attached hydrogens (tertiary/aromatic N) is 2. The Labute approximate surface area is 181 Å². The Morgan fingerprint density at radius 2 is 1.81 bits per heavy atom. The molecular weight excluding hydrogens is 439 g/mol. The molecule has 0 spiro atoms. The minimum absolute atomic E-state index is 0.0647. The first-order valence-corrected chi connectivity index (χ1v) is 10.7. The van der Waals surface area contributed by atoms with Gasteiger partial charge in [0.05, 0.1) is 10.3 Å². The van der Waals surface area contributed by atoms with Gasteiger partial charge in [0.15, 0.2) is 5.76 Å². The van der Waals surface area contributed by atoms with Crippen molar-refractivity contribution >= 4 is 38.3 Å². The number of anilines is 2. The van der Waals surface area contributed by atoms with E-state index >= 15 is 0 Å². The van der Waals surface area contributed by atoms with E-state index in [1.807, 2.05) is 0 Å². The van der Waals surface area contributed by atoms with Gasteiger partial charge in [-0.15, -0.1) is 0 Å². The molecule has 0 atom stereocenters. The van der Waals surface area contributed by atoms with E-state index in [0.29, 0.717) is 5.69 Å². The summed E-state index contributed by atoms with van der Waals surface area (Å²) in [6.07, 6.45) is 1.43. The number of nitrogens with one attached hydrogen (secondary N) is 2. The number of carbonyl (C=O) groups is 1. The number of aromatic nitrogens is 2. The molecule has 11 heteroatoms. The molecule has 0 unspecified atom stereocenters. The quantitative estimate of drug-likeness (QED) is 0.474. The van der Waals surface area contributed by atoms with Gasteiger partial charge in [0.25, 0.3) is 15.9 Å². The molecule has 4 rings (SSSR count). The lowest BCUT2D eigenvalue weighted by atomic mass is 10.1. The molecule has 0 aliphatic carbocycles. The van der Waals surface area contributed by atoms with Crippen LogP contribution >= 0.6 is 0 Å². The van der Waals surface area contributed by atoms with Crippen LogP contribution in [0.1, 0.15) is 16.2 Å². The van der Waals surface area contributed by atoms with E-state index in [9.17, 15) is 22.4 Å². The van der Waals surface area contributed by atoms with Gasteiger partial charge in [-0.3, -0.25) is 4.79 Å². The summed E-state index contributed by atoms with van der Waals surface area (Å²) in [7, 11) is -3.94. The molecule has 2 heterocycles. The Kier molecular flexibility index (Phi) is 5.41. The summed E-state index contributed by atoms with van der Waals surface area (Å²) in [5, 5.41) is 2.86. The Morgan fingerprint density at radius 1 is 1.06 bits per heavy atom. The van der Waals surface area contributed by atoms with E-state index in [-0.39, 0.29) is 33.1 Å². The van der Waals surface area contributed by atoms with Gasteiger partial charge in [-0.25, -0.2) is 32.3 Å². The molecule has 0 saturated heterocycles. The Bertz CT molecular complexity index is 1500. The van der Waals surface area contributed by atoms with Crippen LogP contribution < -0.4 is 15.7 Å². The van der Waals surface area contributed by atoms with Crippen molar-refractivity contribution in [3.63, 3.8) is 0 Å². The zero-order valence-electron chi connectivity index (χ0n) is 16.5. The monoisotopic (exact) mass is 454 g/mol. The predicted molar refractivity (Wildman–Crippen MR) is 114 cm³/mol. The third-order valence-corrected chi connectivity index (χ3v) is 5.73. The number of benzene rings is 2. The summed E-state index contributed by atoms with van der Waals surface area (Å²) in [6.45, 7) is 1.70. The zero-order valence-corrected chi connectivity index (χ0v) is 17.3. The normalized spacial score (nSPS) is 11.3. The first kappa shape index (κ1) is 21.1. The van der Waals surface area contributed by atoms with E-state index in [4.69, 9.17) is 4.42 Å². The lowest BCUT2D eigenvalue weighted by Gasteiger charge is -2.09. The van der Waals surface area contributed by atoms with E-state index < -0.39 is 27.4 Å². The lowest BCUT2D eigenvalue weighted by molar-refractivity contribution is 0.0993. The second kappa shape index (κ2) is 8.19. The predicted octanol–water partition coefficient (Wildman–Crippen LogP) is 3.08. The van der Waals surface area contributed by atoms with Crippen molar-refractivity contribution in [3.05, 3.63) is 88.5 Å². The number of amides is 1. The Hall–Kier alpha value is -4.12. The summed E-state index contributed by atoms with van der Waals surface area (Å²) < 4.78 is 45.7. The topological polar surface area (TPSA) is 131 Å². The number of hydrogen-bond acceptors (Lipinski definition) is 7. The molecule has 32 heavy (non-hydrogen) atoms. The van der Waals surface area contributed by atoms with Crippen LogP contribution in [-0.4, -0.2) is 24.3 Å². The van der Waals surface area contributed by atoms with Gasteiger partial charge < -0.3 is 9.73 Å². The van der Waals surface area contributed by atoms with E-state index in [0.717, 1.165) is 12.1 Å². The van der Waals surface area contributed by atoms with Crippen molar-refractivity contribution < 1.29 is 22.0 Å². The van der Waals surface area contributed by atoms with Gasteiger partial charge >= 0.3 is 5.63 Å². The van der Waals surface area contributed by atoms with Gasteiger partial charge in [0.1, 0.15) is 5.82 Å². The molecule has 9 nitrogen and oxygen atoms in total. The summed E-state index contributed by atoms with van der Waals surface area (Å²) in [5.41, 5.74) is 0.0696. The van der Waals surface area contributed by atoms with Crippen LogP contribution in [0.25, 0.3) is 10.8 Å². The van der Waals surface area contributed by atoms with Crippen LogP contribution in [0, 0.1) is 12.7 Å². The van der Waals surface area contributed by atoms with Crippen LogP contribution in [-0.2, 0) is 10.0 Å². The van der Waals surface area contributed by atoms with Crippen LogP contribution in [0.3, 0.4) is 0 Å². The maximum atomic E-state index is 13.4. The Balaban J connectivity index is 1.53. The summed E-state index contributed by atoms with van der Waals surface area (Å²) >= 11 is 0. The molecule has 0 aliphatic rings. The molecule has 2 aromatic carbocycles. The van der Waals surface area contributed by atoms with Crippen LogP contribution in [0.2, 0.25) is 0 Å². The van der Waals surface area contributed by atoms with E-state index in [1.165, 1.54) is 42.6 Å². The van der Waals surface area contributed by atoms with Crippen molar-refractivity contribution in [3.8, 4) is 0 Å². The molecule has 0 aliphatic heterocycles. The highest BCUT2D eigenvalue weighted by Gasteiger charge is 2.17. The Morgan fingerprint density at radius 3 is 2.53 bits per heavy atom. The highest BCUT2D eigenvalue weighted by atomic mass is 32.2. The fourth-order valence-electron chi connectivity index (χ4n) is 2.86. The number of fused-ring (bicyclic) bond motifs is 1. The third-order valence-electron chi connectivity index (χ3n) is 4.39. The molecule has 2 N–H and O–H groups in total. The molecule has 162 valence electrons. The van der Waals surface area contributed by atoms with Crippen LogP contribution in [0.5, 0.6) is 0 Å². The fraction of sp³-hybridized carbons (Fsp3) is 0.0476. The standard InChI is InChI=1S/C21H15FN4O5S/c1-12-8-9-23-21(24-12)26-32(29,30)16-5-3-15(4-6-16)25-19(27)18-11-13-10-14(22)2-7-17(13)20(28)31-18/h2-11H,1H3,(H,25,27)(H,23,24,26). The van der Waals surface area contributed by atoms with Gasteiger partial charge in [-0.1, -0.05) is 0 Å². The molecule has 0 bridgehead atoms. The minimum atomic E-state index is -3.94. The maximum absolute atomic E-state index is 13.4. The summed E-state index contributed by atoms with van der Waals surface area (Å²) in [6, 6.07) is 11.7. The molecule has 1 amide bonds. The largest absolute Gasteiger partial charge is 0.417 e. The van der Waals surface area contributed by atoms with Crippen LogP contribution in [0.15, 0.2) is 74.9 Å². The lowest BCUT2D eigenvalue weighted by Crippen LogP contribution is -2.16. The number of rotatable bonds is 5. The SMILES string of the molecule is Cc1ccnc(NS(=O)(=O)c2ccc(NC(=O)c3cc4cc(F)ccc4c(=O)o3)cc2)n1. The van der Waals surface area contributed by atoms with Crippen molar-refractivity contribution in [1.82, 2.24) is 9.97 Å². The first-order valence-electron chi connectivity index (χ1n) is 9.18. The van der Waals surface area contributed by atoms with Crippen molar-refractivity contribution in [2.24, 2.45) is 0 Å². The fourth-order valence-corrected chi connectivity index (χ4v) is 3.81. The average molecular weight is 454 g/mol. The van der Waals surface area contributed by atoms with E-state index in [2.05, 4.69) is 20.0 Å². The number of sulfonamides is 1. The number of aryl methyl sites for hydroxylation is 1. The maximum Gasteiger partial charge on any atom is 0.344 e. The average Bonchev–Trinajstić information content (AvgIpc) is 2.73. The third kappa shape index (κ3) is 4.47. The summed E-state index contributed by atoms with van der Waals surface area (Å²) in [5.74, 6) is -1.70. The molecule has 2 aromatic heterocycles. The molecule has 0 saturated carbocycles. The van der Waals surface area contributed by atoms with E-state index in [1.54, 1.807) is 13.0 Å². The first-order chi connectivity index (χ1) is 15.2. The minimum Gasteiger partial charge on any atom is -0.417 e. The zero-order chi connectivity index (χ0) is 22.9. The second-order valence-electron chi connectivity index (χ2n) is 6.74. The molecular formula is C21H15FN4O5S. The van der Waals surface area contributed by atoms with Gasteiger partial charge in [0.2, 0.25) is 5.95 Å². The van der Waals surface area contributed by atoms with Gasteiger partial charge in [-0.05, 0) is 66.9 Å². The molecule has 4 aromatic rings. The number of carbonyl (C=O) groups excluding carboxylic acids is 1. The van der Waals surface area contributed by atoms with Crippen molar-refractivity contribution in [1.29, 1.82) is 0 Å². The number of halogens is 1. The van der Waals surface area contributed by atoms with Crippen molar-refractivity contribution in [2.75, 3.05) is 10.0 Å². The number of hydrogen-bond donors (Lipinski definition) is 2. The van der Waals surface area contributed by atoms with Gasteiger partial charge in [-0.2, -0.15) is 0 Å². The smallest absolute Gasteiger partial charge is 0.344 e. The van der Waals surface area contributed by atoms with Gasteiger partial charge in [0, 0.05) is 17.6 Å². The van der Waals surface area contributed by atoms with Crippen LogP contribution in [0.4, 0.5) is 16.0 Å². The highest BCUT2D eigenvalue weighted by molar-refractivity contribution is 7.92. The highest BCUT2D eigenvalue weighted by Crippen LogP contribution is 2.18. The second-order valence-corrected chi connectivity index (χ2v) is 8.42. The molecule has 0 fully saturated rings. The molecule has 0 radical (unpaired) electrons.